The molecule has 2 amide bonds. The van der Waals surface area contributed by atoms with Crippen LogP contribution in [-0.4, -0.2) is 29.8 Å². The van der Waals surface area contributed by atoms with Crippen LogP contribution in [0.2, 0.25) is 0 Å². The number of hydroxylamine groups is 2. The molecule has 1 aromatic carbocycles. The van der Waals surface area contributed by atoms with Crippen molar-refractivity contribution in [2.45, 2.75) is 12.6 Å². The molecule has 0 saturated carbocycles. The van der Waals surface area contributed by atoms with Crippen LogP contribution in [-0.2, 0) is 16.1 Å². The lowest BCUT2D eigenvalue weighted by molar-refractivity contribution is -0.227. The molecule has 19 heavy (non-hydrogen) atoms. The minimum atomic E-state index is -5.18. The van der Waals surface area contributed by atoms with Crippen molar-refractivity contribution >= 4 is 12.0 Å². The van der Waals surface area contributed by atoms with Crippen molar-refractivity contribution in [3.05, 3.63) is 35.9 Å². The summed E-state index contributed by atoms with van der Waals surface area (Å²) in [4.78, 5) is 25.4. The molecule has 5 nitrogen and oxygen atoms in total. The van der Waals surface area contributed by atoms with Crippen LogP contribution in [0.4, 0.5) is 18.0 Å². The molecule has 0 unspecified atom stereocenters. The maximum Gasteiger partial charge on any atom is 0.493 e. The fourth-order valence-electron chi connectivity index (χ4n) is 1.23. The number of hydrogen-bond acceptors (Lipinski definition) is 3. The molecule has 0 bridgehead atoms. The lowest BCUT2D eigenvalue weighted by Crippen LogP contribution is -2.42. The minimum absolute atomic E-state index is 0.183. The van der Waals surface area contributed by atoms with Gasteiger partial charge in [0.15, 0.2) is 0 Å². The predicted octanol–water partition coefficient (Wildman–Crippen LogP) is 1.63. The fourth-order valence-corrected chi connectivity index (χ4v) is 1.23. The molecule has 104 valence electrons. The van der Waals surface area contributed by atoms with Crippen LogP contribution in [0.15, 0.2) is 30.3 Å². The van der Waals surface area contributed by atoms with Gasteiger partial charge in [0.2, 0.25) is 0 Å². The highest BCUT2D eigenvalue weighted by atomic mass is 19.4. The zero-order valence-electron chi connectivity index (χ0n) is 9.68. The third-order valence-electron chi connectivity index (χ3n) is 2.12. The summed E-state index contributed by atoms with van der Waals surface area (Å²) in [6, 6.07) is 7.37. The summed E-state index contributed by atoms with van der Waals surface area (Å²) in [5.74, 6) is -2.49. The molecule has 0 aromatic heterocycles. The summed E-state index contributed by atoms with van der Waals surface area (Å²) in [5, 5.41) is 0.183. The highest BCUT2D eigenvalue weighted by Gasteiger charge is 2.43. The number of amides is 2. The third kappa shape index (κ3) is 4.86. The van der Waals surface area contributed by atoms with Gasteiger partial charge in [0.25, 0.3) is 0 Å². The standard InChI is InChI=1S/C11H11F3N2O3/c12-11(13,14)9(17)19-16(10(15)18)7-6-8-4-2-1-3-5-8/h1-5H,6-7H2,(H2,15,18). The zero-order valence-corrected chi connectivity index (χ0v) is 9.68. The summed E-state index contributed by atoms with van der Waals surface area (Å²) < 4.78 is 35.9. The second kappa shape index (κ2) is 6.07. The van der Waals surface area contributed by atoms with Crippen molar-refractivity contribution in [2.75, 3.05) is 6.54 Å². The number of carbonyl (C=O) groups excluding carboxylic acids is 2. The summed E-state index contributed by atoms with van der Waals surface area (Å²) in [6.45, 7) is -0.263. The smallest absolute Gasteiger partial charge is 0.349 e. The summed E-state index contributed by atoms with van der Waals surface area (Å²) in [5.41, 5.74) is 5.60. The number of primary amides is 1. The first-order valence-corrected chi connectivity index (χ1v) is 5.20. The Hall–Kier alpha value is -2.25. The van der Waals surface area contributed by atoms with Gasteiger partial charge in [-0.2, -0.15) is 18.2 Å². The molecule has 1 rings (SSSR count). The first-order chi connectivity index (χ1) is 8.80. The molecule has 0 aliphatic carbocycles. The van der Waals surface area contributed by atoms with Gasteiger partial charge in [-0.15, -0.1) is 0 Å². The van der Waals surface area contributed by atoms with Crippen LogP contribution < -0.4 is 5.73 Å². The van der Waals surface area contributed by atoms with E-state index in [2.05, 4.69) is 4.84 Å². The van der Waals surface area contributed by atoms with Gasteiger partial charge in [0.05, 0.1) is 6.54 Å². The highest BCUT2D eigenvalue weighted by Crippen LogP contribution is 2.17. The van der Waals surface area contributed by atoms with Gasteiger partial charge in [-0.3, -0.25) is 0 Å². The van der Waals surface area contributed by atoms with Crippen LogP contribution in [0.1, 0.15) is 5.56 Å². The van der Waals surface area contributed by atoms with E-state index in [4.69, 9.17) is 5.73 Å². The Morgan fingerprint density at radius 1 is 1.21 bits per heavy atom. The Morgan fingerprint density at radius 2 is 1.79 bits per heavy atom. The van der Waals surface area contributed by atoms with E-state index in [-0.39, 0.29) is 18.0 Å². The minimum Gasteiger partial charge on any atom is -0.349 e. The van der Waals surface area contributed by atoms with Gasteiger partial charge in [-0.25, -0.2) is 9.59 Å². The van der Waals surface area contributed by atoms with Crippen molar-refractivity contribution in [3.8, 4) is 0 Å². The van der Waals surface area contributed by atoms with E-state index in [9.17, 15) is 22.8 Å². The van der Waals surface area contributed by atoms with Gasteiger partial charge >= 0.3 is 18.2 Å². The second-order valence-electron chi connectivity index (χ2n) is 3.55. The van der Waals surface area contributed by atoms with E-state index < -0.39 is 18.2 Å². The van der Waals surface area contributed by atoms with E-state index in [1.165, 1.54) is 0 Å². The maximum absolute atomic E-state index is 12.0. The summed E-state index contributed by atoms with van der Waals surface area (Å²) in [6.07, 6.45) is -4.98. The van der Waals surface area contributed by atoms with Gasteiger partial charge in [0, 0.05) is 0 Å². The monoisotopic (exact) mass is 276 g/mol. The fraction of sp³-hybridized carbons (Fsp3) is 0.273. The maximum atomic E-state index is 12.0. The number of rotatable bonds is 3. The summed E-state index contributed by atoms with van der Waals surface area (Å²) in [7, 11) is 0. The highest BCUT2D eigenvalue weighted by molar-refractivity contribution is 5.78. The van der Waals surface area contributed by atoms with Gasteiger partial charge in [-0.1, -0.05) is 30.3 Å². The number of urea groups is 1. The number of benzene rings is 1. The number of hydrogen-bond donors (Lipinski definition) is 1. The van der Waals surface area contributed by atoms with Crippen molar-refractivity contribution in [1.29, 1.82) is 0 Å². The van der Waals surface area contributed by atoms with E-state index in [0.29, 0.717) is 0 Å². The first-order valence-electron chi connectivity index (χ1n) is 5.20. The molecule has 8 heteroatoms. The number of halogens is 3. The van der Waals surface area contributed by atoms with E-state index in [0.717, 1.165) is 5.56 Å². The molecule has 0 heterocycles. The van der Waals surface area contributed by atoms with Gasteiger partial charge < -0.3 is 10.6 Å². The normalized spacial score (nSPS) is 10.9. The number of nitrogens with zero attached hydrogens (tertiary/aromatic N) is 1. The van der Waals surface area contributed by atoms with Crippen LogP contribution >= 0.6 is 0 Å². The topological polar surface area (TPSA) is 72.6 Å². The Balaban J connectivity index is 2.59. The number of alkyl halides is 3. The molecule has 1 aromatic rings. The van der Waals surface area contributed by atoms with Gasteiger partial charge in [-0.05, 0) is 12.0 Å². The van der Waals surface area contributed by atoms with Crippen molar-refractivity contribution < 1.29 is 27.6 Å². The van der Waals surface area contributed by atoms with Crippen molar-refractivity contribution in [1.82, 2.24) is 5.06 Å². The lowest BCUT2D eigenvalue weighted by Gasteiger charge is -2.19. The average molecular weight is 276 g/mol. The van der Waals surface area contributed by atoms with Crippen LogP contribution in [0.3, 0.4) is 0 Å². The SMILES string of the molecule is NC(=O)N(CCc1ccccc1)OC(=O)C(F)(F)F. The molecule has 0 radical (unpaired) electrons. The Labute approximate surface area is 106 Å². The third-order valence-corrected chi connectivity index (χ3v) is 2.12. The molecule has 0 aliphatic rings. The van der Waals surface area contributed by atoms with Crippen LogP contribution in [0.25, 0.3) is 0 Å². The number of carbonyl (C=O) groups is 2. The molecule has 2 N–H and O–H groups in total. The zero-order chi connectivity index (χ0) is 14.5. The molecular formula is C11H11F3N2O3. The lowest BCUT2D eigenvalue weighted by atomic mass is 10.1. The molecular weight excluding hydrogens is 265 g/mol. The Kier molecular flexibility index (Phi) is 4.74. The quantitative estimate of drug-likeness (QED) is 0.853. The Bertz CT molecular complexity index is 448. The van der Waals surface area contributed by atoms with E-state index >= 15 is 0 Å². The largest absolute Gasteiger partial charge is 0.493 e. The van der Waals surface area contributed by atoms with Crippen molar-refractivity contribution in [2.24, 2.45) is 5.73 Å². The van der Waals surface area contributed by atoms with E-state index in [1.54, 1.807) is 30.3 Å². The van der Waals surface area contributed by atoms with Crippen molar-refractivity contribution in [3.63, 3.8) is 0 Å². The van der Waals surface area contributed by atoms with E-state index in [1.807, 2.05) is 0 Å². The average Bonchev–Trinajstić information content (AvgIpc) is 2.33. The predicted molar refractivity (Wildman–Crippen MR) is 58.6 cm³/mol. The molecule has 0 aliphatic heterocycles. The number of nitrogens with two attached hydrogens (primary N) is 1. The van der Waals surface area contributed by atoms with Crippen LogP contribution in [0.5, 0.6) is 0 Å². The van der Waals surface area contributed by atoms with Gasteiger partial charge in [0.1, 0.15) is 0 Å². The molecule has 0 fully saturated rings. The Morgan fingerprint density at radius 3 is 2.26 bits per heavy atom. The first kappa shape index (κ1) is 14.8. The molecule has 0 atom stereocenters. The summed E-state index contributed by atoms with van der Waals surface area (Å²) >= 11 is 0. The molecule has 0 saturated heterocycles. The van der Waals surface area contributed by atoms with Crippen LogP contribution in [0, 0.1) is 0 Å². The second-order valence-corrected chi connectivity index (χ2v) is 3.55. The molecule has 0 spiro atoms.